The van der Waals surface area contributed by atoms with Gasteiger partial charge in [0.25, 0.3) is 0 Å². The second-order valence-corrected chi connectivity index (χ2v) is 2.69. The quantitative estimate of drug-likeness (QED) is 0.666. The maximum absolute atomic E-state index is 5.27. The van der Waals surface area contributed by atoms with Gasteiger partial charge in [-0.1, -0.05) is 27.2 Å². The van der Waals surface area contributed by atoms with Crippen LogP contribution in [0, 0.1) is 6.92 Å². The smallest absolute Gasteiger partial charge is 0.104 e. The van der Waals surface area contributed by atoms with E-state index in [4.69, 9.17) is 4.42 Å². The van der Waals surface area contributed by atoms with Crippen molar-refractivity contribution < 1.29 is 4.42 Å². The minimum atomic E-state index is 1.09. The SMILES string of the molecule is CC.CCCCc1cc(C)co1. The topological polar surface area (TPSA) is 13.1 Å². The molecule has 1 aromatic rings. The number of aryl methyl sites for hydroxylation is 2. The first-order valence-electron chi connectivity index (χ1n) is 4.87. The van der Waals surface area contributed by atoms with Crippen LogP contribution in [-0.2, 0) is 6.42 Å². The summed E-state index contributed by atoms with van der Waals surface area (Å²) in [5, 5.41) is 0. The molecule has 0 aliphatic carbocycles. The predicted molar refractivity (Wildman–Crippen MR) is 53.4 cm³/mol. The molecule has 0 unspecified atom stereocenters. The molecule has 12 heavy (non-hydrogen) atoms. The summed E-state index contributed by atoms with van der Waals surface area (Å²) in [4.78, 5) is 0. The van der Waals surface area contributed by atoms with Gasteiger partial charge in [-0.05, 0) is 25.0 Å². The molecule has 0 aliphatic heterocycles. The first-order valence-corrected chi connectivity index (χ1v) is 4.87. The van der Waals surface area contributed by atoms with Gasteiger partial charge in [0.15, 0.2) is 0 Å². The fraction of sp³-hybridized carbons (Fsp3) is 0.636. The van der Waals surface area contributed by atoms with Crippen molar-refractivity contribution in [1.29, 1.82) is 0 Å². The lowest BCUT2D eigenvalue weighted by Crippen LogP contribution is -1.78. The standard InChI is InChI=1S/C9H14O.C2H6/c1-3-4-5-9-6-8(2)7-10-9;1-2/h6-7H,3-5H2,1-2H3;1-2H3. The zero-order chi connectivity index (χ0) is 9.40. The Hall–Kier alpha value is -0.720. The number of rotatable bonds is 3. The lowest BCUT2D eigenvalue weighted by Gasteiger charge is -1.90. The summed E-state index contributed by atoms with van der Waals surface area (Å²) < 4.78 is 5.27. The Balaban J connectivity index is 0.000000561. The van der Waals surface area contributed by atoms with Crippen molar-refractivity contribution in [3.05, 3.63) is 23.7 Å². The van der Waals surface area contributed by atoms with Gasteiger partial charge in [-0.15, -0.1) is 0 Å². The van der Waals surface area contributed by atoms with Gasteiger partial charge in [-0.25, -0.2) is 0 Å². The summed E-state index contributed by atoms with van der Waals surface area (Å²) in [5.74, 6) is 1.12. The molecule has 0 saturated heterocycles. The third-order valence-corrected chi connectivity index (χ3v) is 1.56. The lowest BCUT2D eigenvalue weighted by molar-refractivity contribution is 0.499. The highest BCUT2D eigenvalue weighted by molar-refractivity contribution is 5.10. The van der Waals surface area contributed by atoms with E-state index in [-0.39, 0.29) is 0 Å². The fourth-order valence-corrected chi connectivity index (χ4v) is 0.973. The van der Waals surface area contributed by atoms with Crippen LogP contribution < -0.4 is 0 Å². The van der Waals surface area contributed by atoms with Crippen molar-refractivity contribution in [1.82, 2.24) is 0 Å². The van der Waals surface area contributed by atoms with Crippen molar-refractivity contribution in [2.75, 3.05) is 0 Å². The summed E-state index contributed by atoms with van der Waals surface area (Å²) in [5.41, 5.74) is 1.23. The van der Waals surface area contributed by atoms with Crippen LogP contribution >= 0.6 is 0 Å². The molecule has 0 aromatic carbocycles. The molecule has 0 aliphatic rings. The van der Waals surface area contributed by atoms with Crippen molar-refractivity contribution >= 4 is 0 Å². The van der Waals surface area contributed by atoms with Crippen LogP contribution in [0.25, 0.3) is 0 Å². The Morgan fingerprint density at radius 3 is 2.42 bits per heavy atom. The molecule has 1 aromatic heterocycles. The van der Waals surface area contributed by atoms with E-state index >= 15 is 0 Å². The highest BCUT2D eigenvalue weighted by atomic mass is 16.3. The maximum Gasteiger partial charge on any atom is 0.104 e. The molecule has 70 valence electrons. The zero-order valence-corrected chi connectivity index (χ0v) is 8.68. The molecule has 0 radical (unpaired) electrons. The molecule has 1 heteroatoms. The van der Waals surface area contributed by atoms with Gasteiger partial charge in [0, 0.05) is 6.42 Å². The van der Waals surface area contributed by atoms with E-state index in [9.17, 15) is 0 Å². The first kappa shape index (κ1) is 11.3. The number of hydrogen-bond acceptors (Lipinski definition) is 1. The molecular weight excluding hydrogens is 148 g/mol. The van der Waals surface area contributed by atoms with Crippen LogP contribution in [0.4, 0.5) is 0 Å². The molecule has 0 spiro atoms. The second kappa shape index (κ2) is 6.96. The van der Waals surface area contributed by atoms with Gasteiger partial charge in [0.05, 0.1) is 6.26 Å². The summed E-state index contributed by atoms with van der Waals surface area (Å²) in [6.45, 7) is 8.24. The summed E-state index contributed by atoms with van der Waals surface area (Å²) in [7, 11) is 0. The van der Waals surface area contributed by atoms with Gasteiger partial charge in [-0.2, -0.15) is 0 Å². The van der Waals surface area contributed by atoms with E-state index in [0.717, 1.165) is 12.2 Å². The Kier molecular flexibility index (Phi) is 6.54. The normalized spacial score (nSPS) is 9.00. The Morgan fingerprint density at radius 2 is 2.00 bits per heavy atom. The largest absolute Gasteiger partial charge is 0.469 e. The minimum Gasteiger partial charge on any atom is -0.469 e. The van der Waals surface area contributed by atoms with E-state index in [1.807, 2.05) is 20.1 Å². The van der Waals surface area contributed by atoms with Crippen LogP contribution in [0.2, 0.25) is 0 Å². The van der Waals surface area contributed by atoms with Crippen LogP contribution in [0.15, 0.2) is 16.7 Å². The molecule has 1 rings (SSSR count). The van der Waals surface area contributed by atoms with Gasteiger partial charge < -0.3 is 4.42 Å². The average Bonchev–Trinajstić information content (AvgIpc) is 2.51. The lowest BCUT2D eigenvalue weighted by atomic mass is 10.2. The van der Waals surface area contributed by atoms with Crippen LogP contribution in [0.5, 0.6) is 0 Å². The highest BCUT2D eigenvalue weighted by Crippen LogP contribution is 2.08. The third-order valence-electron chi connectivity index (χ3n) is 1.56. The fourth-order valence-electron chi connectivity index (χ4n) is 0.973. The second-order valence-electron chi connectivity index (χ2n) is 2.69. The summed E-state index contributed by atoms with van der Waals surface area (Å²) in [6.07, 6.45) is 5.36. The van der Waals surface area contributed by atoms with Crippen molar-refractivity contribution in [3.8, 4) is 0 Å². The van der Waals surface area contributed by atoms with Crippen molar-refractivity contribution in [2.24, 2.45) is 0 Å². The molecule has 1 heterocycles. The zero-order valence-electron chi connectivity index (χ0n) is 8.68. The van der Waals surface area contributed by atoms with Gasteiger partial charge in [-0.3, -0.25) is 0 Å². The molecule has 0 atom stereocenters. The van der Waals surface area contributed by atoms with E-state index in [0.29, 0.717) is 0 Å². The van der Waals surface area contributed by atoms with E-state index in [1.54, 1.807) is 0 Å². The summed E-state index contributed by atoms with van der Waals surface area (Å²) >= 11 is 0. The van der Waals surface area contributed by atoms with E-state index < -0.39 is 0 Å². The van der Waals surface area contributed by atoms with Crippen LogP contribution in [0.1, 0.15) is 44.9 Å². The van der Waals surface area contributed by atoms with E-state index in [2.05, 4.69) is 19.9 Å². The molecule has 1 nitrogen and oxygen atoms in total. The molecular formula is C11H20O. The van der Waals surface area contributed by atoms with Crippen molar-refractivity contribution in [2.45, 2.75) is 47.0 Å². The van der Waals surface area contributed by atoms with Crippen LogP contribution in [-0.4, -0.2) is 0 Å². The van der Waals surface area contributed by atoms with Crippen LogP contribution in [0.3, 0.4) is 0 Å². The predicted octanol–water partition coefficient (Wildman–Crippen LogP) is 3.96. The third kappa shape index (κ3) is 4.22. The number of hydrogen-bond donors (Lipinski definition) is 0. The van der Waals surface area contributed by atoms with Gasteiger partial charge >= 0.3 is 0 Å². The number of furan rings is 1. The van der Waals surface area contributed by atoms with Gasteiger partial charge in [0.2, 0.25) is 0 Å². The average molecular weight is 168 g/mol. The molecule has 0 fully saturated rings. The molecule has 0 N–H and O–H groups in total. The van der Waals surface area contributed by atoms with Gasteiger partial charge in [0.1, 0.15) is 5.76 Å². The molecule has 0 saturated carbocycles. The molecule has 0 bridgehead atoms. The molecule has 0 amide bonds. The van der Waals surface area contributed by atoms with Crippen molar-refractivity contribution in [3.63, 3.8) is 0 Å². The monoisotopic (exact) mass is 168 g/mol. The Labute approximate surface area is 75.8 Å². The maximum atomic E-state index is 5.27. The number of unbranched alkanes of at least 4 members (excludes halogenated alkanes) is 1. The first-order chi connectivity index (χ1) is 5.83. The Morgan fingerprint density at radius 1 is 1.33 bits per heavy atom. The van der Waals surface area contributed by atoms with E-state index in [1.165, 1.54) is 18.4 Å². The summed E-state index contributed by atoms with van der Waals surface area (Å²) in [6, 6.07) is 2.11. The highest BCUT2D eigenvalue weighted by Gasteiger charge is 1.95. The Bertz CT molecular complexity index is 189. The minimum absolute atomic E-state index is 1.09.